The summed E-state index contributed by atoms with van der Waals surface area (Å²) in [5.41, 5.74) is 1.01. The molecule has 1 aromatic rings. The lowest BCUT2D eigenvalue weighted by Crippen LogP contribution is -2.35. The molecule has 0 saturated carbocycles. The van der Waals surface area contributed by atoms with E-state index in [0.29, 0.717) is 17.9 Å². The van der Waals surface area contributed by atoms with Crippen LogP contribution >= 0.6 is 0 Å². The normalized spacial score (nSPS) is 11.7. The zero-order valence-corrected chi connectivity index (χ0v) is 13.8. The average Bonchev–Trinajstić information content (AvgIpc) is 2.35. The highest BCUT2D eigenvalue weighted by atomic mass is 15.2. The van der Waals surface area contributed by atoms with Gasteiger partial charge in [-0.2, -0.15) is 0 Å². The van der Waals surface area contributed by atoms with Crippen LogP contribution in [0.15, 0.2) is 12.4 Å². The number of nitrogens with one attached hydrogen (secondary N) is 1. The summed E-state index contributed by atoms with van der Waals surface area (Å²) in [6, 6.07) is 0.436. The van der Waals surface area contributed by atoms with Crippen LogP contribution in [-0.4, -0.2) is 29.1 Å². The third-order valence-corrected chi connectivity index (χ3v) is 3.01. The molecule has 1 rings (SSSR count). The molecule has 4 nitrogen and oxygen atoms in total. The van der Waals surface area contributed by atoms with Crippen LogP contribution < -0.4 is 10.2 Å². The van der Waals surface area contributed by atoms with Crippen LogP contribution in [0.2, 0.25) is 0 Å². The molecule has 0 aliphatic rings. The summed E-state index contributed by atoms with van der Waals surface area (Å²) in [6.07, 6.45) is 3.72. The summed E-state index contributed by atoms with van der Waals surface area (Å²) in [5.74, 6) is 2.25. The molecule has 1 N–H and O–H groups in total. The van der Waals surface area contributed by atoms with E-state index in [1.54, 1.807) is 0 Å². The number of aromatic nitrogens is 2. The number of hydrogen-bond donors (Lipinski definition) is 1. The molecular weight excluding hydrogens is 248 g/mol. The molecule has 4 heteroatoms. The molecule has 20 heavy (non-hydrogen) atoms. The zero-order chi connectivity index (χ0) is 15.1. The van der Waals surface area contributed by atoms with Crippen molar-refractivity contribution in [3.8, 4) is 0 Å². The molecule has 0 radical (unpaired) electrons. The molecule has 0 spiro atoms. The van der Waals surface area contributed by atoms with E-state index in [2.05, 4.69) is 56.7 Å². The maximum Gasteiger partial charge on any atom is 0.147 e. The summed E-state index contributed by atoms with van der Waals surface area (Å²) < 4.78 is 0. The van der Waals surface area contributed by atoms with E-state index in [4.69, 9.17) is 4.98 Å². The van der Waals surface area contributed by atoms with E-state index in [0.717, 1.165) is 31.1 Å². The molecule has 0 bridgehead atoms. The van der Waals surface area contributed by atoms with E-state index in [9.17, 15) is 0 Å². The molecule has 0 unspecified atom stereocenters. The average molecular weight is 278 g/mol. The first-order chi connectivity index (χ1) is 9.40. The Morgan fingerprint density at radius 3 is 2.30 bits per heavy atom. The second-order valence-corrected chi connectivity index (χ2v) is 6.53. The van der Waals surface area contributed by atoms with Crippen molar-refractivity contribution in [2.24, 2.45) is 11.8 Å². The van der Waals surface area contributed by atoms with Crippen LogP contribution in [0.5, 0.6) is 0 Å². The quantitative estimate of drug-likeness (QED) is 0.793. The Hall–Kier alpha value is -1.16. The van der Waals surface area contributed by atoms with Crippen molar-refractivity contribution in [1.29, 1.82) is 0 Å². The molecule has 1 heterocycles. The van der Waals surface area contributed by atoms with Gasteiger partial charge in [-0.25, -0.2) is 4.98 Å². The molecule has 114 valence electrons. The third kappa shape index (κ3) is 5.87. The number of nitrogens with zero attached hydrogens (tertiary/aromatic N) is 3. The molecule has 0 saturated heterocycles. The van der Waals surface area contributed by atoms with Gasteiger partial charge in [0.05, 0.1) is 11.9 Å². The minimum Gasteiger partial charge on any atom is -0.353 e. The van der Waals surface area contributed by atoms with Crippen molar-refractivity contribution < 1.29 is 0 Å². The number of rotatable bonds is 8. The van der Waals surface area contributed by atoms with Crippen LogP contribution in [0, 0.1) is 11.8 Å². The van der Waals surface area contributed by atoms with Gasteiger partial charge < -0.3 is 10.2 Å². The molecule has 0 aliphatic heterocycles. The van der Waals surface area contributed by atoms with Crippen molar-refractivity contribution in [3.63, 3.8) is 0 Å². The Bertz CT molecular complexity index is 388. The van der Waals surface area contributed by atoms with Gasteiger partial charge in [-0.1, -0.05) is 27.7 Å². The lowest BCUT2D eigenvalue weighted by atomic mass is 10.2. The summed E-state index contributed by atoms with van der Waals surface area (Å²) in [7, 11) is 0. The van der Waals surface area contributed by atoms with Gasteiger partial charge in [0, 0.05) is 25.3 Å². The van der Waals surface area contributed by atoms with Crippen LogP contribution in [0.4, 0.5) is 5.82 Å². The molecule has 0 aromatic carbocycles. The van der Waals surface area contributed by atoms with Crippen molar-refractivity contribution in [1.82, 2.24) is 15.3 Å². The predicted molar refractivity (Wildman–Crippen MR) is 85.9 cm³/mol. The highest BCUT2D eigenvalue weighted by Crippen LogP contribution is 2.15. The van der Waals surface area contributed by atoms with Crippen LogP contribution in [0.1, 0.15) is 47.2 Å². The Balaban J connectivity index is 2.73. The van der Waals surface area contributed by atoms with Crippen molar-refractivity contribution in [3.05, 3.63) is 18.1 Å². The summed E-state index contributed by atoms with van der Waals surface area (Å²) in [5, 5.41) is 3.42. The number of anilines is 1. The minimum absolute atomic E-state index is 0.436. The fourth-order valence-corrected chi connectivity index (χ4v) is 2.07. The molecule has 0 atom stereocenters. The monoisotopic (exact) mass is 278 g/mol. The fourth-order valence-electron chi connectivity index (χ4n) is 2.07. The van der Waals surface area contributed by atoms with Gasteiger partial charge >= 0.3 is 0 Å². The Morgan fingerprint density at radius 1 is 1.05 bits per heavy atom. The highest BCUT2D eigenvalue weighted by Gasteiger charge is 2.14. The van der Waals surface area contributed by atoms with Crippen LogP contribution in [0.25, 0.3) is 0 Å². The molecule has 1 aromatic heterocycles. The van der Waals surface area contributed by atoms with Gasteiger partial charge in [0.15, 0.2) is 0 Å². The Labute approximate surface area is 124 Å². The predicted octanol–water partition coefficient (Wildman–Crippen LogP) is 3.09. The second kappa shape index (κ2) is 8.20. The summed E-state index contributed by atoms with van der Waals surface area (Å²) in [4.78, 5) is 11.4. The van der Waals surface area contributed by atoms with Crippen molar-refractivity contribution in [2.45, 2.75) is 54.1 Å². The van der Waals surface area contributed by atoms with Crippen LogP contribution in [0.3, 0.4) is 0 Å². The molecular formula is C16H30N4. The van der Waals surface area contributed by atoms with Gasteiger partial charge in [-0.3, -0.25) is 4.98 Å². The van der Waals surface area contributed by atoms with Crippen molar-refractivity contribution >= 4 is 5.82 Å². The lowest BCUT2D eigenvalue weighted by molar-refractivity contribution is 0.543. The van der Waals surface area contributed by atoms with E-state index in [1.165, 1.54) is 0 Å². The minimum atomic E-state index is 0.436. The largest absolute Gasteiger partial charge is 0.353 e. The molecule has 0 aliphatic carbocycles. The van der Waals surface area contributed by atoms with E-state index >= 15 is 0 Å². The van der Waals surface area contributed by atoms with Gasteiger partial charge in [0.1, 0.15) is 5.82 Å². The van der Waals surface area contributed by atoms with Crippen molar-refractivity contribution in [2.75, 3.05) is 18.0 Å². The van der Waals surface area contributed by atoms with Crippen LogP contribution in [-0.2, 0) is 6.54 Å². The topological polar surface area (TPSA) is 41.1 Å². The first kappa shape index (κ1) is 16.9. The zero-order valence-electron chi connectivity index (χ0n) is 13.8. The standard InChI is InChI=1S/C16H30N4/c1-12(2)7-17-8-15-9-18-10-16(19-15)20(14(5)6)11-13(3)4/h9-10,12-14,17H,7-8,11H2,1-6H3. The van der Waals surface area contributed by atoms with Gasteiger partial charge in [0.25, 0.3) is 0 Å². The maximum atomic E-state index is 4.75. The van der Waals surface area contributed by atoms with Gasteiger partial charge in [0.2, 0.25) is 0 Å². The smallest absolute Gasteiger partial charge is 0.147 e. The summed E-state index contributed by atoms with van der Waals surface area (Å²) >= 11 is 0. The SMILES string of the molecule is CC(C)CNCc1cncc(N(CC(C)C)C(C)C)n1. The van der Waals surface area contributed by atoms with Gasteiger partial charge in [-0.15, -0.1) is 0 Å². The second-order valence-electron chi connectivity index (χ2n) is 6.53. The first-order valence-corrected chi connectivity index (χ1v) is 7.68. The van der Waals surface area contributed by atoms with E-state index in [1.807, 2.05) is 12.4 Å². The third-order valence-electron chi connectivity index (χ3n) is 3.01. The Morgan fingerprint density at radius 2 is 1.75 bits per heavy atom. The van der Waals surface area contributed by atoms with Gasteiger partial charge in [-0.05, 0) is 32.2 Å². The van der Waals surface area contributed by atoms with E-state index < -0.39 is 0 Å². The number of hydrogen-bond acceptors (Lipinski definition) is 4. The Kier molecular flexibility index (Phi) is 6.93. The highest BCUT2D eigenvalue weighted by molar-refractivity contribution is 5.37. The maximum absolute atomic E-state index is 4.75. The van der Waals surface area contributed by atoms with E-state index in [-0.39, 0.29) is 0 Å². The summed E-state index contributed by atoms with van der Waals surface area (Å²) in [6.45, 7) is 16.1. The fraction of sp³-hybridized carbons (Fsp3) is 0.750. The molecule has 0 amide bonds. The molecule has 0 fully saturated rings. The lowest BCUT2D eigenvalue weighted by Gasteiger charge is -2.29. The first-order valence-electron chi connectivity index (χ1n) is 7.68.